The molecule has 0 radical (unpaired) electrons. The van der Waals surface area contributed by atoms with E-state index in [1.165, 1.54) is 28.6 Å². The van der Waals surface area contributed by atoms with Crippen molar-refractivity contribution in [2.45, 2.75) is 10.9 Å². The summed E-state index contributed by atoms with van der Waals surface area (Å²) in [4.78, 5) is 1.84. The van der Waals surface area contributed by atoms with Gasteiger partial charge in [-0.25, -0.2) is 12.8 Å². The van der Waals surface area contributed by atoms with Gasteiger partial charge in [0.15, 0.2) is 0 Å². The van der Waals surface area contributed by atoms with Crippen molar-refractivity contribution in [1.29, 1.82) is 0 Å². The molecule has 1 heterocycles. The molecule has 0 amide bonds. The van der Waals surface area contributed by atoms with E-state index in [-0.39, 0.29) is 17.5 Å². The molecule has 0 bridgehead atoms. The standard InChI is InChI=1S/C18H21FN2O3S/c1-20-11-12-21(25(22,23)18-6-4-3-5-16(18)19)13-17(20)14-7-9-15(24-2)10-8-14/h3-10,17H,11-13H2,1-2H3. The molecule has 0 spiro atoms. The van der Waals surface area contributed by atoms with Crippen molar-refractivity contribution in [3.63, 3.8) is 0 Å². The number of piperazine rings is 1. The number of rotatable bonds is 4. The van der Waals surface area contributed by atoms with Crippen LogP contribution < -0.4 is 4.74 Å². The van der Waals surface area contributed by atoms with E-state index in [1.807, 2.05) is 31.3 Å². The molecule has 5 nitrogen and oxygen atoms in total. The van der Waals surface area contributed by atoms with Gasteiger partial charge in [-0.1, -0.05) is 24.3 Å². The van der Waals surface area contributed by atoms with Crippen LogP contribution in [-0.4, -0.2) is 51.4 Å². The van der Waals surface area contributed by atoms with Crippen molar-refractivity contribution in [2.75, 3.05) is 33.8 Å². The maximum absolute atomic E-state index is 14.0. The number of nitrogens with zero attached hydrogens (tertiary/aromatic N) is 2. The maximum atomic E-state index is 14.0. The molecule has 1 aliphatic heterocycles. The van der Waals surface area contributed by atoms with E-state index in [4.69, 9.17) is 4.74 Å². The predicted molar refractivity (Wildman–Crippen MR) is 93.5 cm³/mol. The summed E-state index contributed by atoms with van der Waals surface area (Å²) in [5.41, 5.74) is 0.997. The molecule has 3 rings (SSSR count). The Labute approximate surface area is 147 Å². The van der Waals surface area contributed by atoms with E-state index >= 15 is 0 Å². The smallest absolute Gasteiger partial charge is 0.246 e. The van der Waals surface area contributed by atoms with Gasteiger partial charge in [0.1, 0.15) is 16.5 Å². The third-order valence-electron chi connectivity index (χ3n) is 4.57. The van der Waals surface area contributed by atoms with Crippen LogP contribution in [0.15, 0.2) is 53.4 Å². The Morgan fingerprint density at radius 1 is 1.08 bits per heavy atom. The van der Waals surface area contributed by atoms with Crippen LogP contribution in [0.4, 0.5) is 4.39 Å². The summed E-state index contributed by atoms with van der Waals surface area (Å²) in [7, 11) is -0.301. The largest absolute Gasteiger partial charge is 0.497 e. The van der Waals surface area contributed by atoms with Gasteiger partial charge in [-0.15, -0.1) is 0 Å². The molecular weight excluding hydrogens is 343 g/mol. The minimum absolute atomic E-state index is 0.0961. The fourth-order valence-corrected chi connectivity index (χ4v) is 4.55. The van der Waals surface area contributed by atoms with Gasteiger partial charge in [-0.2, -0.15) is 4.31 Å². The number of benzene rings is 2. The second-order valence-electron chi connectivity index (χ2n) is 6.06. The zero-order chi connectivity index (χ0) is 18.0. The van der Waals surface area contributed by atoms with Crippen LogP contribution >= 0.6 is 0 Å². The second kappa shape index (κ2) is 7.11. The minimum Gasteiger partial charge on any atom is -0.497 e. The molecule has 0 aliphatic carbocycles. The molecule has 0 aromatic heterocycles. The van der Waals surface area contributed by atoms with Gasteiger partial charge >= 0.3 is 0 Å². The lowest BCUT2D eigenvalue weighted by molar-refractivity contribution is 0.148. The highest BCUT2D eigenvalue weighted by molar-refractivity contribution is 7.89. The second-order valence-corrected chi connectivity index (χ2v) is 7.97. The quantitative estimate of drug-likeness (QED) is 0.837. The van der Waals surface area contributed by atoms with Crippen LogP contribution in [0.25, 0.3) is 0 Å². The average Bonchev–Trinajstić information content (AvgIpc) is 2.62. The van der Waals surface area contributed by atoms with Gasteiger partial charge in [-0.3, -0.25) is 4.90 Å². The third-order valence-corrected chi connectivity index (χ3v) is 6.46. The normalized spacial score (nSPS) is 19.7. The fourth-order valence-electron chi connectivity index (χ4n) is 3.05. The molecule has 134 valence electrons. The summed E-state index contributed by atoms with van der Waals surface area (Å²) < 4.78 is 46.2. The number of hydrogen-bond acceptors (Lipinski definition) is 4. The van der Waals surface area contributed by atoms with Crippen LogP contribution in [0.2, 0.25) is 0 Å². The number of halogens is 1. The molecule has 25 heavy (non-hydrogen) atoms. The van der Waals surface area contributed by atoms with Crippen molar-refractivity contribution in [3.8, 4) is 5.75 Å². The summed E-state index contributed by atoms with van der Waals surface area (Å²) in [6.07, 6.45) is 0. The summed E-state index contributed by atoms with van der Waals surface area (Å²) in [5.74, 6) is 0.0282. The first-order chi connectivity index (χ1) is 11.9. The highest BCUT2D eigenvalue weighted by Crippen LogP contribution is 2.29. The van der Waals surface area contributed by atoms with Gasteiger partial charge in [0, 0.05) is 25.7 Å². The molecule has 2 aromatic rings. The van der Waals surface area contributed by atoms with E-state index in [1.54, 1.807) is 7.11 Å². The highest BCUT2D eigenvalue weighted by Gasteiger charge is 2.34. The number of hydrogen-bond donors (Lipinski definition) is 0. The SMILES string of the molecule is COc1ccc(C2CN(S(=O)(=O)c3ccccc3F)CCN2C)cc1. The molecular formula is C18H21FN2O3S. The summed E-state index contributed by atoms with van der Waals surface area (Å²) in [5, 5.41) is 0. The molecule has 0 saturated carbocycles. The zero-order valence-electron chi connectivity index (χ0n) is 14.2. The van der Waals surface area contributed by atoms with Crippen LogP contribution in [0.1, 0.15) is 11.6 Å². The molecule has 1 saturated heterocycles. The molecule has 1 unspecified atom stereocenters. The maximum Gasteiger partial charge on any atom is 0.246 e. The van der Waals surface area contributed by atoms with E-state index < -0.39 is 15.8 Å². The molecule has 2 aromatic carbocycles. The Hall–Kier alpha value is -1.96. The molecule has 7 heteroatoms. The van der Waals surface area contributed by atoms with Crippen molar-refractivity contribution in [3.05, 3.63) is 59.9 Å². The number of sulfonamides is 1. The van der Waals surface area contributed by atoms with Crippen molar-refractivity contribution in [2.24, 2.45) is 0 Å². The monoisotopic (exact) mass is 364 g/mol. The van der Waals surface area contributed by atoms with Gasteiger partial charge in [0.05, 0.1) is 7.11 Å². The van der Waals surface area contributed by atoms with E-state index in [9.17, 15) is 12.8 Å². The van der Waals surface area contributed by atoms with Crippen LogP contribution in [-0.2, 0) is 10.0 Å². The molecule has 1 atom stereocenters. The van der Waals surface area contributed by atoms with Gasteiger partial charge in [0.2, 0.25) is 10.0 Å². The first-order valence-electron chi connectivity index (χ1n) is 8.02. The average molecular weight is 364 g/mol. The van der Waals surface area contributed by atoms with Crippen molar-refractivity contribution >= 4 is 10.0 Å². The molecule has 1 aliphatic rings. The van der Waals surface area contributed by atoms with Gasteiger partial charge in [-0.05, 0) is 36.9 Å². The molecule has 0 N–H and O–H groups in total. The van der Waals surface area contributed by atoms with Gasteiger partial charge < -0.3 is 4.74 Å². The van der Waals surface area contributed by atoms with E-state index in [2.05, 4.69) is 4.90 Å². The fraction of sp³-hybridized carbons (Fsp3) is 0.333. The number of ether oxygens (including phenoxy) is 1. The third kappa shape index (κ3) is 3.53. The van der Waals surface area contributed by atoms with Gasteiger partial charge in [0.25, 0.3) is 0 Å². The van der Waals surface area contributed by atoms with Crippen molar-refractivity contribution in [1.82, 2.24) is 9.21 Å². The first-order valence-corrected chi connectivity index (χ1v) is 9.46. The Balaban J connectivity index is 1.88. The van der Waals surface area contributed by atoms with E-state index in [0.717, 1.165) is 11.3 Å². The Kier molecular flexibility index (Phi) is 5.08. The van der Waals surface area contributed by atoms with Crippen LogP contribution in [0.5, 0.6) is 5.75 Å². The molecule has 1 fully saturated rings. The highest BCUT2D eigenvalue weighted by atomic mass is 32.2. The summed E-state index contributed by atoms with van der Waals surface area (Å²) in [6, 6.07) is 13.0. The van der Waals surface area contributed by atoms with Crippen LogP contribution in [0, 0.1) is 5.82 Å². The lowest BCUT2D eigenvalue weighted by Crippen LogP contribution is -2.49. The van der Waals surface area contributed by atoms with Crippen LogP contribution in [0.3, 0.4) is 0 Å². The zero-order valence-corrected chi connectivity index (χ0v) is 15.0. The van der Waals surface area contributed by atoms with E-state index in [0.29, 0.717) is 13.1 Å². The minimum atomic E-state index is -3.86. The summed E-state index contributed by atoms with van der Waals surface area (Å²) >= 11 is 0. The van der Waals surface area contributed by atoms with Crippen molar-refractivity contribution < 1.29 is 17.5 Å². The Morgan fingerprint density at radius 2 is 1.76 bits per heavy atom. The Bertz CT molecular complexity index is 840. The lowest BCUT2D eigenvalue weighted by Gasteiger charge is -2.39. The lowest BCUT2D eigenvalue weighted by atomic mass is 10.0. The topological polar surface area (TPSA) is 49.9 Å². The predicted octanol–water partition coefficient (Wildman–Crippen LogP) is 2.51. The Morgan fingerprint density at radius 3 is 2.40 bits per heavy atom. The number of likely N-dealkylation sites (N-methyl/N-ethyl adjacent to an activating group) is 1. The number of methoxy groups -OCH3 is 1. The summed E-state index contributed by atoms with van der Waals surface area (Å²) in [6.45, 7) is 1.18. The first kappa shape index (κ1) is 17.8.